The van der Waals surface area contributed by atoms with Crippen LogP contribution in [0.1, 0.15) is 57.8 Å². The second kappa shape index (κ2) is 11.3. The molecule has 212 valence electrons. The predicted octanol–water partition coefficient (Wildman–Crippen LogP) is 6.70. The van der Waals surface area contributed by atoms with Gasteiger partial charge in [0.2, 0.25) is 0 Å². The molecule has 0 unspecified atom stereocenters. The van der Waals surface area contributed by atoms with Crippen LogP contribution in [-0.2, 0) is 12.7 Å². The summed E-state index contributed by atoms with van der Waals surface area (Å²) in [5.74, 6) is 0.833. The van der Waals surface area contributed by atoms with Crippen LogP contribution in [0.5, 0.6) is 5.75 Å². The summed E-state index contributed by atoms with van der Waals surface area (Å²) in [6.45, 7) is 11.6. The Morgan fingerprint density at radius 2 is 1.68 bits per heavy atom. The highest BCUT2D eigenvalue weighted by Gasteiger charge is 2.32. The van der Waals surface area contributed by atoms with E-state index in [1.54, 1.807) is 27.7 Å². The molecule has 4 rings (SSSR count). The first-order valence-corrected chi connectivity index (χ1v) is 13.1. The van der Waals surface area contributed by atoms with Crippen LogP contribution in [-0.4, -0.2) is 44.7 Å². The zero-order chi connectivity index (χ0) is 29.4. The Hall–Kier alpha value is -3.85. The average Bonchev–Trinajstić information content (AvgIpc) is 3.21. The number of carbonyl (C=O) groups is 1. The number of fused-ring (bicyclic) bond motifs is 1. The second-order valence-corrected chi connectivity index (χ2v) is 10.4. The molecule has 0 aliphatic carbocycles. The van der Waals surface area contributed by atoms with Crippen molar-refractivity contribution in [2.24, 2.45) is 0 Å². The molecule has 0 aliphatic rings. The molecule has 0 bridgehead atoms. The van der Waals surface area contributed by atoms with Crippen LogP contribution in [0, 0.1) is 27.7 Å². The number of hydrogen-bond donors (Lipinski definition) is 1. The van der Waals surface area contributed by atoms with Crippen LogP contribution in [0.25, 0.3) is 16.7 Å². The lowest BCUT2D eigenvalue weighted by Gasteiger charge is -2.28. The number of aliphatic hydroxyl groups excluding tert-OH is 1. The Bertz CT molecular complexity index is 1530. The molecule has 1 aromatic heterocycles. The molecular formula is C31H34F3N3O3. The fraction of sp³-hybridized carbons (Fsp3) is 0.355. The first-order chi connectivity index (χ1) is 18.8. The predicted molar refractivity (Wildman–Crippen MR) is 149 cm³/mol. The lowest BCUT2D eigenvalue weighted by Crippen LogP contribution is -2.38. The van der Waals surface area contributed by atoms with E-state index in [1.165, 1.54) is 6.07 Å². The van der Waals surface area contributed by atoms with Crippen LogP contribution in [0.2, 0.25) is 0 Å². The van der Waals surface area contributed by atoms with Gasteiger partial charge in [0.05, 0.1) is 35.4 Å². The van der Waals surface area contributed by atoms with Crippen molar-refractivity contribution in [2.45, 2.75) is 60.3 Å². The summed E-state index contributed by atoms with van der Waals surface area (Å²) in [4.78, 5) is 20.2. The van der Waals surface area contributed by atoms with Crippen molar-refractivity contribution in [2.75, 3.05) is 13.2 Å². The van der Waals surface area contributed by atoms with E-state index in [0.29, 0.717) is 28.3 Å². The lowest BCUT2D eigenvalue weighted by atomic mass is 9.98. The monoisotopic (exact) mass is 553 g/mol. The Morgan fingerprint density at radius 3 is 2.25 bits per heavy atom. The molecule has 3 aromatic carbocycles. The highest BCUT2D eigenvalue weighted by atomic mass is 19.4. The van der Waals surface area contributed by atoms with Gasteiger partial charge in [-0.1, -0.05) is 17.7 Å². The van der Waals surface area contributed by atoms with E-state index in [2.05, 4.69) is 4.98 Å². The number of nitrogens with zero attached hydrogens (tertiary/aromatic N) is 3. The third-order valence-corrected chi connectivity index (χ3v) is 6.91. The number of rotatable bonds is 8. The average molecular weight is 554 g/mol. The van der Waals surface area contributed by atoms with Gasteiger partial charge in [-0.3, -0.25) is 9.36 Å². The number of aliphatic hydroxyl groups is 1. The first-order valence-electron chi connectivity index (χ1n) is 13.1. The van der Waals surface area contributed by atoms with E-state index in [9.17, 15) is 18.0 Å². The normalized spacial score (nSPS) is 11.9. The molecule has 40 heavy (non-hydrogen) atoms. The minimum Gasteiger partial charge on any atom is -0.491 e. The van der Waals surface area contributed by atoms with E-state index in [1.807, 2.05) is 53.7 Å². The molecule has 0 saturated carbocycles. The van der Waals surface area contributed by atoms with Crippen molar-refractivity contribution in [3.8, 4) is 11.4 Å². The summed E-state index contributed by atoms with van der Waals surface area (Å²) in [7, 11) is 0. The molecule has 4 aromatic rings. The maximum Gasteiger partial charge on any atom is 0.416 e. The van der Waals surface area contributed by atoms with Crippen molar-refractivity contribution >= 4 is 16.9 Å². The van der Waals surface area contributed by atoms with Crippen LogP contribution in [0.15, 0.2) is 48.5 Å². The number of hydrogen-bond acceptors (Lipinski definition) is 4. The third kappa shape index (κ3) is 5.84. The number of carbonyl (C=O) groups excluding carboxylic acids is 1. The van der Waals surface area contributed by atoms with Crippen molar-refractivity contribution in [1.29, 1.82) is 0 Å². The number of alkyl halides is 3. The fourth-order valence-electron chi connectivity index (χ4n) is 5.12. The first kappa shape index (κ1) is 29.1. The minimum atomic E-state index is -4.51. The molecule has 0 fully saturated rings. The summed E-state index contributed by atoms with van der Waals surface area (Å²) in [6.07, 6.45) is -4.51. The van der Waals surface area contributed by atoms with Gasteiger partial charge in [-0.25, -0.2) is 4.98 Å². The summed E-state index contributed by atoms with van der Waals surface area (Å²) in [6, 6.07) is 12.6. The Labute approximate surface area is 232 Å². The van der Waals surface area contributed by atoms with Crippen molar-refractivity contribution in [3.05, 3.63) is 87.7 Å². The molecule has 1 amide bonds. The van der Waals surface area contributed by atoms with Gasteiger partial charge in [-0.2, -0.15) is 13.2 Å². The maximum atomic E-state index is 13.9. The quantitative estimate of drug-likeness (QED) is 0.264. The number of halogens is 3. The molecule has 0 aliphatic heterocycles. The maximum absolute atomic E-state index is 13.9. The van der Waals surface area contributed by atoms with Gasteiger partial charge in [0.1, 0.15) is 18.2 Å². The van der Waals surface area contributed by atoms with E-state index in [4.69, 9.17) is 9.84 Å². The second-order valence-electron chi connectivity index (χ2n) is 10.4. The van der Waals surface area contributed by atoms with Crippen LogP contribution >= 0.6 is 0 Å². The van der Waals surface area contributed by atoms with Gasteiger partial charge in [-0.05, 0) is 94.6 Å². The van der Waals surface area contributed by atoms with E-state index >= 15 is 0 Å². The highest BCUT2D eigenvalue weighted by Crippen LogP contribution is 2.34. The van der Waals surface area contributed by atoms with Crippen molar-refractivity contribution in [1.82, 2.24) is 14.5 Å². The van der Waals surface area contributed by atoms with E-state index in [-0.39, 0.29) is 37.2 Å². The Balaban J connectivity index is 1.87. The topological polar surface area (TPSA) is 67.6 Å². The number of aromatic nitrogens is 2. The number of benzene rings is 3. The molecule has 0 saturated heterocycles. The van der Waals surface area contributed by atoms with Gasteiger partial charge in [0.15, 0.2) is 0 Å². The standard InChI is InChI=1S/C31H34F3N3O3/c1-18(2)36(30(39)29-21(5)13-19(3)14-22(29)6)17-28-35-25-16-23(31(32,33)34)7-9-27(25)37(28)26-10-8-24(15-20(26)4)40-12-11-38/h7-10,13-16,18,38H,11-12,17H2,1-6H3. The molecule has 0 atom stereocenters. The van der Waals surface area contributed by atoms with Gasteiger partial charge < -0.3 is 14.7 Å². The number of amides is 1. The largest absolute Gasteiger partial charge is 0.491 e. The summed E-state index contributed by atoms with van der Waals surface area (Å²) < 4.78 is 48.0. The zero-order valence-electron chi connectivity index (χ0n) is 23.6. The summed E-state index contributed by atoms with van der Waals surface area (Å²) in [5, 5.41) is 9.09. The summed E-state index contributed by atoms with van der Waals surface area (Å²) in [5.41, 5.74) is 4.79. The van der Waals surface area contributed by atoms with Gasteiger partial charge >= 0.3 is 6.18 Å². The smallest absolute Gasteiger partial charge is 0.416 e. The lowest BCUT2D eigenvalue weighted by molar-refractivity contribution is -0.137. The molecule has 1 N–H and O–H groups in total. The van der Waals surface area contributed by atoms with Crippen molar-refractivity contribution < 1.29 is 27.8 Å². The SMILES string of the molecule is Cc1cc(C)c(C(=O)N(Cc2nc3cc(C(F)(F)F)ccc3n2-c2ccc(OCCO)cc2C)C(C)C)c(C)c1. The molecule has 1 heterocycles. The van der Waals surface area contributed by atoms with Gasteiger partial charge in [0, 0.05) is 11.6 Å². The molecule has 9 heteroatoms. The number of imidazole rings is 1. The van der Waals surface area contributed by atoms with Gasteiger partial charge in [-0.15, -0.1) is 0 Å². The van der Waals surface area contributed by atoms with Gasteiger partial charge in [0.25, 0.3) is 5.91 Å². The molecule has 6 nitrogen and oxygen atoms in total. The van der Waals surface area contributed by atoms with Crippen molar-refractivity contribution in [3.63, 3.8) is 0 Å². The minimum absolute atomic E-state index is 0.0848. The molecule has 0 radical (unpaired) electrons. The number of ether oxygens (including phenoxy) is 1. The fourth-order valence-corrected chi connectivity index (χ4v) is 5.12. The van der Waals surface area contributed by atoms with Crippen LogP contribution < -0.4 is 4.74 Å². The highest BCUT2D eigenvalue weighted by molar-refractivity contribution is 5.97. The van der Waals surface area contributed by atoms with E-state index in [0.717, 1.165) is 34.4 Å². The Kier molecular flexibility index (Phi) is 8.25. The van der Waals surface area contributed by atoms with E-state index < -0.39 is 11.7 Å². The van der Waals surface area contributed by atoms with Crippen LogP contribution in [0.4, 0.5) is 13.2 Å². The van der Waals surface area contributed by atoms with Crippen LogP contribution in [0.3, 0.4) is 0 Å². The Morgan fingerprint density at radius 1 is 1.00 bits per heavy atom. The number of aryl methyl sites for hydroxylation is 4. The summed E-state index contributed by atoms with van der Waals surface area (Å²) >= 11 is 0. The molecular weight excluding hydrogens is 519 g/mol. The third-order valence-electron chi connectivity index (χ3n) is 6.91. The zero-order valence-corrected chi connectivity index (χ0v) is 23.6. The molecule has 0 spiro atoms.